The van der Waals surface area contributed by atoms with E-state index in [1.54, 1.807) is 12.1 Å². The van der Waals surface area contributed by atoms with Crippen molar-refractivity contribution in [1.82, 2.24) is 21.0 Å². The molecule has 0 saturated carbocycles. The Hall–Kier alpha value is -3.35. The first-order valence-corrected chi connectivity index (χ1v) is 16.9. The molecule has 0 bridgehead atoms. The maximum atomic E-state index is 12.2. The number of urea groups is 1. The Morgan fingerprint density at radius 3 is 2.16 bits per heavy atom. The molecule has 8 nitrogen and oxygen atoms in total. The Bertz CT molecular complexity index is 1310. The summed E-state index contributed by atoms with van der Waals surface area (Å²) < 4.78 is 1.02. The van der Waals surface area contributed by atoms with Gasteiger partial charge >= 0.3 is 6.03 Å². The fourth-order valence-corrected chi connectivity index (χ4v) is 6.07. The highest BCUT2D eigenvalue weighted by Gasteiger charge is 2.15. The fourth-order valence-electron chi connectivity index (χ4n) is 4.86. The second-order valence-electron chi connectivity index (χ2n) is 10.8. The average Bonchev–Trinajstić information content (AvgIpc) is 3.45. The van der Waals surface area contributed by atoms with Crippen molar-refractivity contribution in [2.24, 2.45) is 0 Å². The van der Waals surface area contributed by atoms with E-state index in [1.807, 2.05) is 24.3 Å². The second kappa shape index (κ2) is 19.8. The van der Waals surface area contributed by atoms with Gasteiger partial charge < -0.3 is 10.6 Å². The van der Waals surface area contributed by atoms with Crippen LogP contribution < -0.4 is 21.5 Å². The van der Waals surface area contributed by atoms with Crippen molar-refractivity contribution in [3.8, 4) is 16.6 Å². The second-order valence-corrected chi connectivity index (χ2v) is 12.3. The van der Waals surface area contributed by atoms with Crippen LogP contribution in [0.4, 0.5) is 10.5 Å². The zero-order valence-corrected chi connectivity index (χ0v) is 26.8. The molecule has 2 aromatic carbocycles. The van der Waals surface area contributed by atoms with Crippen molar-refractivity contribution < 1.29 is 9.59 Å². The average molecular weight is 625 g/mol. The van der Waals surface area contributed by atoms with E-state index in [-0.39, 0.29) is 12.5 Å². The highest BCUT2D eigenvalue weighted by atomic mass is 35.5. The molecule has 4 N–H and O–H groups in total. The first kappa shape index (κ1) is 34.1. The Morgan fingerprint density at radius 2 is 1.51 bits per heavy atom. The molecule has 0 spiro atoms. The van der Waals surface area contributed by atoms with Crippen molar-refractivity contribution in [3.63, 3.8) is 0 Å². The van der Waals surface area contributed by atoms with Crippen LogP contribution in [0.3, 0.4) is 0 Å². The molecule has 0 aliphatic carbocycles. The van der Waals surface area contributed by atoms with Crippen molar-refractivity contribution in [2.75, 3.05) is 18.5 Å². The minimum atomic E-state index is -0.476. The lowest BCUT2D eigenvalue weighted by Gasteiger charge is -2.13. The molecule has 0 aliphatic rings. The van der Waals surface area contributed by atoms with Gasteiger partial charge in [0.2, 0.25) is 5.91 Å². The van der Waals surface area contributed by atoms with Crippen LogP contribution in [0.15, 0.2) is 36.4 Å². The Kier molecular flexibility index (Phi) is 15.7. The highest BCUT2D eigenvalue weighted by molar-refractivity contribution is 7.21. The molecular weight excluding hydrogens is 580 g/mol. The number of rotatable bonds is 20. The molecular formula is C33H45ClN6O2S. The molecule has 1 aromatic heterocycles. The molecule has 0 saturated heterocycles. The number of hydrazine groups is 1. The molecule has 10 heteroatoms. The summed E-state index contributed by atoms with van der Waals surface area (Å²) in [7, 11) is 0. The number of halogens is 1. The predicted octanol–water partition coefficient (Wildman–Crippen LogP) is 8.71. The summed E-state index contributed by atoms with van der Waals surface area (Å²) >= 11 is 7.94. The number of hydrogen-bond donors (Lipinski definition) is 4. The molecule has 0 aliphatic heterocycles. The largest absolute Gasteiger partial charge is 0.354 e. The van der Waals surface area contributed by atoms with Crippen LogP contribution in [-0.2, 0) is 4.79 Å². The fraction of sp³-hybridized carbons (Fsp3) is 0.515. The maximum absolute atomic E-state index is 12.2. The standard InChI is InChI=1S/C33H45ClN6O2S/c1-2-3-4-5-6-7-8-9-10-11-12-13-14-19-31(41)36-20-21-37-33(42)40-39-29-22-25(24-35)26(23-27(29)34)32-38-28-17-15-16-18-30(28)43-32/h15-18,22-23,39H,2-14,19-21H2,1H3,(H,36,41)(H2,37,40,42). The van der Waals surface area contributed by atoms with E-state index in [9.17, 15) is 14.9 Å². The molecule has 0 unspecified atom stereocenters. The number of carbonyl (C=O) groups excluding carboxylic acids is 2. The molecule has 0 fully saturated rings. The van der Waals surface area contributed by atoms with Crippen LogP contribution in [0, 0.1) is 11.3 Å². The molecule has 3 aromatic rings. The van der Waals surface area contributed by atoms with Gasteiger partial charge in [-0.3, -0.25) is 15.6 Å². The summed E-state index contributed by atoms with van der Waals surface area (Å²) in [6.07, 6.45) is 17.1. The van der Waals surface area contributed by atoms with Crippen molar-refractivity contribution in [2.45, 2.75) is 96.8 Å². The number of nitrogens with zero attached hydrogens (tertiary/aromatic N) is 2. The summed E-state index contributed by atoms with van der Waals surface area (Å²) in [5.41, 5.74) is 7.56. The predicted molar refractivity (Wildman–Crippen MR) is 178 cm³/mol. The van der Waals surface area contributed by atoms with Crippen LogP contribution in [0.2, 0.25) is 5.02 Å². The van der Waals surface area contributed by atoms with E-state index in [1.165, 1.54) is 82.0 Å². The molecule has 3 rings (SSSR count). The van der Waals surface area contributed by atoms with Gasteiger partial charge in [-0.15, -0.1) is 11.3 Å². The van der Waals surface area contributed by atoms with Gasteiger partial charge in [0.25, 0.3) is 0 Å². The van der Waals surface area contributed by atoms with E-state index in [0.29, 0.717) is 39.8 Å². The summed E-state index contributed by atoms with van der Waals surface area (Å²) in [4.78, 5) is 28.9. The lowest BCUT2D eigenvalue weighted by atomic mass is 10.0. The van der Waals surface area contributed by atoms with Gasteiger partial charge in [-0.2, -0.15) is 5.26 Å². The van der Waals surface area contributed by atoms with Gasteiger partial charge in [0.05, 0.1) is 32.6 Å². The van der Waals surface area contributed by atoms with Gasteiger partial charge in [-0.05, 0) is 30.7 Å². The number of amides is 3. The smallest absolute Gasteiger partial charge is 0.333 e. The lowest BCUT2D eigenvalue weighted by molar-refractivity contribution is -0.121. The van der Waals surface area contributed by atoms with Crippen LogP contribution in [0.1, 0.15) is 102 Å². The van der Waals surface area contributed by atoms with E-state index >= 15 is 0 Å². The zero-order chi connectivity index (χ0) is 30.7. The maximum Gasteiger partial charge on any atom is 0.333 e. The number of nitrogens with one attached hydrogen (secondary N) is 4. The summed E-state index contributed by atoms with van der Waals surface area (Å²) in [6.45, 7) is 2.89. The number of carbonyl (C=O) groups is 2. The minimum absolute atomic E-state index is 0.00689. The first-order chi connectivity index (χ1) is 21.0. The molecule has 3 amide bonds. The van der Waals surface area contributed by atoms with E-state index in [4.69, 9.17) is 11.6 Å². The number of para-hydroxylation sites is 1. The van der Waals surface area contributed by atoms with Gasteiger partial charge in [0.1, 0.15) is 5.01 Å². The van der Waals surface area contributed by atoms with Crippen LogP contribution >= 0.6 is 22.9 Å². The Labute approximate surface area is 265 Å². The van der Waals surface area contributed by atoms with Gasteiger partial charge in [0, 0.05) is 25.1 Å². The molecule has 232 valence electrons. The molecule has 0 atom stereocenters. The van der Waals surface area contributed by atoms with Crippen molar-refractivity contribution >= 4 is 50.8 Å². The summed E-state index contributed by atoms with van der Waals surface area (Å²) in [6, 6.07) is 12.7. The third kappa shape index (κ3) is 12.4. The van der Waals surface area contributed by atoms with Crippen LogP contribution in [0.5, 0.6) is 0 Å². The summed E-state index contributed by atoms with van der Waals surface area (Å²) in [5, 5.41) is 16.3. The lowest BCUT2D eigenvalue weighted by Crippen LogP contribution is -2.42. The molecule has 0 radical (unpaired) electrons. The summed E-state index contributed by atoms with van der Waals surface area (Å²) in [5.74, 6) is 0.00689. The van der Waals surface area contributed by atoms with E-state index in [2.05, 4.69) is 39.5 Å². The third-order valence-electron chi connectivity index (χ3n) is 7.30. The van der Waals surface area contributed by atoms with Crippen molar-refractivity contribution in [1.29, 1.82) is 5.26 Å². The monoisotopic (exact) mass is 624 g/mol. The number of thiazole rings is 1. The van der Waals surface area contributed by atoms with Gasteiger partial charge in [-0.25, -0.2) is 9.78 Å². The Morgan fingerprint density at radius 1 is 0.884 bits per heavy atom. The van der Waals surface area contributed by atoms with Crippen LogP contribution in [-0.4, -0.2) is 30.0 Å². The van der Waals surface area contributed by atoms with Gasteiger partial charge in [-0.1, -0.05) is 108 Å². The minimum Gasteiger partial charge on any atom is -0.354 e. The normalized spacial score (nSPS) is 10.8. The number of benzene rings is 2. The highest BCUT2D eigenvalue weighted by Crippen LogP contribution is 2.36. The Balaban J connectivity index is 1.24. The topological polar surface area (TPSA) is 119 Å². The number of fused-ring (bicyclic) bond motifs is 1. The number of hydrogen-bond acceptors (Lipinski definition) is 6. The van der Waals surface area contributed by atoms with Crippen LogP contribution in [0.25, 0.3) is 20.8 Å². The third-order valence-corrected chi connectivity index (χ3v) is 8.69. The zero-order valence-electron chi connectivity index (χ0n) is 25.3. The number of nitriles is 1. The van der Waals surface area contributed by atoms with Gasteiger partial charge in [0.15, 0.2) is 0 Å². The number of unbranched alkanes of at least 4 members (excludes halogenated alkanes) is 12. The molecule has 43 heavy (non-hydrogen) atoms. The van der Waals surface area contributed by atoms with E-state index in [0.717, 1.165) is 23.1 Å². The van der Waals surface area contributed by atoms with E-state index < -0.39 is 6.03 Å². The SMILES string of the molecule is CCCCCCCCCCCCCCCC(=O)NCCNC(=O)NNc1cc(C#N)c(-c2nc3ccccc3s2)cc1Cl. The number of anilines is 1. The first-order valence-electron chi connectivity index (χ1n) is 15.7. The number of aromatic nitrogens is 1. The molecule has 1 heterocycles. The van der Waals surface area contributed by atoms with Crippen molar-refractivity contribution in [3.05, 3.63) is 47.0 Å². The quantitative estimate of drug-likeness (QED) is 0.0740.